The highest BCUT2D eigenvalue weighted by molar-refractivity contribution is 6.05. The summed E-state index contributed by atoms with van der Waals surface area (Å²) in [7, 11) is 2.80. The van der Waals surface area contributed by atoms with Gasteiger partial charge in [-0.05, 0) is 18.2 Å². The highest BCUT2D eigenvalue weighted by atomic mass is 16.6. The van der Waals surface area contributed by atoms with E-state index in [1.165, 1.54) is 48.3 Å². The normalized spacial score (nSPS) is 10.4. The number of carbonyl (C=O) groups excluding carboxylic acids is 2. The van der Waals surface area contributed by atoms with Crippen LogP contribution >= 0.6 is 0 Å². The predicted molar refractivity (Wildman–Crippen MR) is 98.6 cm³/mol. The summed E-state index contributed by atoms with van der Waals surface area (Å²) in [6.07, 6.45) is 1.45. The summed E-state index contributed by atoms with van der Waals surface area (Å²) in [6.45, 7) is -0.113. The number of hydrogen-bond donors (Lipinski definition) is 1. The Morgan fingerprint density at radius 2 is 2.03 bits per heavy atom. The highest BCUT2D eigenvalue weighted by Gasteiger charge is 2.21. The SMILES string of the molecule is COC(=O)c1nn(C)cc1NC(=O)c1ccc(COc2ccccc2[N+](=O)[O-])o1. The van der Waals surface area contributed by atoms with E-state index in [-0.39, 0.29) is 40.9 Å². The zero-order valence-electron chi connectivity index (χ0n) is 15.4. The summed E-state index contributed by atoms with van der Waals surface area (Å²) in [5.74, 6) is -0.976. The Labute approximate surface area is 164 Å². The van der Waals surface area contributed by atoms with Gasteiger partial charge in [0.25, 0.3) is 5.91 Å². The average molecular weight is 400 g/mol. The first-order valence-electron chi connectivity index (χ1n) is 8.27. The Balaban J connectivity index is 1.68. The Kier molecular flexibility index (Phi) is 5.58. The van der Waals surface area contributed by atoms with Crippen LogP contribution in [-0.4, -0.2) is 33.7 Å². The molecule has 0 saturated carbocycles. The molecule has 0 bridgehead atoms. The zero-order chi connectivity index (χ0) is 21.0. The molecule has 0 spiro atoms. The van der Waals surface area contributed by atoms with Gasteiger partial charge in [-0.15, -0.1) is 0 Å². The second-order valence-electron chi connectivity index (χ2n) is 5.79. The molecular formula is C18H16N4O7. The van der Waals surface area contributed by atoms with Gasteiger partial charge < -0.3 is 19.2 Å². The molecule has 0 aliphatic rings. The second kappa shape index (κ2) is 8.25. The van der Waals surface area contributed by atoms with Crippen LogP contribution in [0.5, 0.6) is 5.75 Å². The van der Waals surface area contributed by atoms with Crippen LogP contribution in [0.25, 0.3) is 0 Å². The Hall–Kier alpha value is -4.15. The van der Waals surface area contributed by atoms with Crippen LogP contribution in [0.2, 0.25) is 0 Å². The number of nitrogens with one attached hydrogen (secondary N) is 1. The van der Waals surface area contributed by atoms with Crippen molar-refractivity contribution in [2.24, 2.45) is 7.05 Å². The van der Waals surface area contributed by atoms with Gasteiger partial charge >= 0.3 is 11.7 Å². The third-order valence-corrected chi connectivity index (χ3v) is 3.77. The molecule has 0 atom stereocenters. The van der Waals surface area contributed by atoms with Gasteiger partial charge in [-0.3, -0.25) is 19.6 Å². The maximum Gasteiger partial charge on any atom is 0.360 e. The van der Waals surface area contributed by atoms with E-state index in [4.69, 9.17) is 9.15 Å². The van der Waals surface area contributed by atoms with Crippen LogP contribution in [0.1, 0.15) is 26.8 Å². The number of nitrogens with zero attached hydrogens (tertiary/aromatic N) is 3. The molecule has 0 unspecified atom stereocenters. The number of nitro groups is 1. The molecule has 3 aromatic rings. The third-order valence-electron chi connectivity index (χ3n) is 3.77. The molecule has 1 aromatic carbocycles. The number of para-hydroxylation sites is 2. The van der Waals surface area contributed by atoms with E-state index in [1.54, 1.807) is 13.1 Å². The zero-order valence-corrected chi connectivity index (χ0v) is 15.4. The minimum atomic E-state index is -0.695. The van der Waals surface area contributed by atoms with Gasteiger partial charge in [0.2, 0.25) is 0 Å². The number of benzene rings is 1. The van der Waals surface area contributed by atoms with E-state index >= 15 is 0 Å². The van der Waals surface area contributed by atoms with Crippen molar-refractivity contribution >= 4 is 23.3 Å². The molecule has 0 fully saturated rings. The minimum absolute atomic E-state index is 0.0363. The van der Waals surface area contributed by atoms with Gasteiger partial charge in [0.15, 0.2) is 17.2 Å². The van der Waals surface area contributed by atoms with Gasteiger partial charge in [0, 0.05) is 19.3 Å². The first kappa shape index (κ1) is 19.6. The fourth-order valence-corrected chi connectivity index (χ4v) is 2.47. The Bertz CT molecular complexity index is 1070. The lowest BCUT2D eigenvalue weighted by atomic mass is 10.3. The van der Waals surface area contributed by atoms with E-state index in [0.717, 1.165) is 0 Å². The summed E-state index contributed by atoms with van der Waals surface area (Å²) < 4.78 is 16.8. The number of hydrogen-bond acceptors (Lipinski definition) is 8. The molecule has 11 nitrogen and oxygen atoms in total. The smallest absolute Gasteiger partial charge is 0.360 e. The molecule has 150 valence electrons. The van der Waals surface area contributed by atoms with Crippen LogP contribution < -0.4 is 10.1 Å². The molecule has 2 heterocycles. The van der Waals surface area contributed by atoms with Crippen molar-refractivity contribution in [1.82, 2.24) is 9.78 Å². The predicted octanol–water partition coefficient (Wildman–Crippen LogP) is 2.54. The van der Waals surface area contributed by atoms with E-state index in [1.807, 2.05) is 0 Å². The first-order chi connectivity index (χ1) is 13.9. The molecule has 0 saturated heterocycles. The monoisotopic (exact) mass is 400 g/mol. The molecule has 0 radical (unpaired) electrons. The number of aryl methyl sites for hydroxylation is 1. The van der Waals surface area contributed by atoms with Gasteiger partial charge in [-0.25, -0.2) is 4.79 Å². The van der Waals surface area contributed by atoms with Crippen LogP contribution in [0.4, 0.5) is 11.4 Å². The maximum absolute atomic E-state index is 12.4. The summed E-state index contributed by atoms with van der Waals surface area (Å²) in [6, 6.07) is 8.85. The molecule has 3 rings (SSSR count). The number of carbonyl (C=O) groups is 2. The summed E-state index contributed by atoms with van der Waals surface area (Å²) in [5, 5.41) is 17.5. The molecule has 29 heavy (non-hydrogen) atoms. The molecule has 0 aliphatic carbocycles. The summed E-state index contributed by atoms with van der Waals surface area (Å²) in [4.78, 5) is 34.6. The van der Waals surface area contributed by atoms with E-state index < -0.39 is 16.8 Å². The van der Waals surface area contributed by atoms with Crippen LogP contribution in [0, 0.1) is 10.1 Å². The molecule has 2 aromatic heterocycles. The number of rotatable bonds is 7. The largest absolute Gasteiger partial charge is 0.479 e. The van der Waals surface area contributed by atoms with Crippen molar-refractivity contribution in [3.8, 4) is 5.75 Å². The lowest BCUT2D eigenvalue weighted by molar-refractivity contribution is -0.386. The standard InChI is InChI=1S/C18H16N4O7/c1-21-9-12(16(20-21)18(24)27-2)19-17(23)15-8-7-11(29-15)10-28-14-6-4-3-5-13(14)22(25)26/h3-9H,10H2,1-2H3,(H,19,23). The maximum atomic E-state index is 12.4. The van der Waals surface area contributed by atoms with Crippen molar-refractivity contribution in [3.05, 3.63) is 69.9 Å². The van der Waals surface area contributed by atoms with Crippen molar-refractivity contribution in [2.75, 3.05) is 12.4 Å². The molecule has 11 heteroatoms. The number of aromatic nitrogens is 2. The van der Waals surface area contributed by atoms with Gasteiger partial charge in [-0.2, -0.15) is 5.10 Å². The number of nitro benzene ring substituents is 1. The van der Waals surface area contributed by atoms with Crippen molar-refractivity contribution in [3.63, 3.8) is 0 Å². The Morgan fingerprint density at radius 3 is 2.76 bits per heavy atom. The summed E-state index contributed by atoms with van der Waals surface area (Å²) >= 11 is 0. The number of esters is 1. The number of anilines is 1. The van der Waals surface area contributed by atoms with Crippen molar-refractivity contribution in [2.45, 2.75) is 6.61 Å². The Morgan fingerprint density at radius 1 is 1.28 bits per heavy atom. The van der Waals surface area contributed by atoms with E-state index in [9.17, 15) is 19.7 Å². The summed E-state index contributed by atoms with van der Waals surface area (Å²) in [5.41, 5.74) is -0.0581. The average Bonchev–Trinajstić information content (AvgIpc) is 3.32. The van der Waals surface area contributed by atoms with Crippen LogP contribution in [0.15, 0.2) is 47.0 Å². The number of ether oxygens (including phenoxy) is 2. The van der Waals surface area contributed by atoms with Gasteiger partial charge in [0.1, 0.15) is 12.4 Å². The molecule has 1 amide bonds. The van der Waals surface area contributed by atoms with E-state index in [0.29, 0.717) is 0 Å². The highest BCUT2D eigenvalue weighted by Crippen LogP contribution is 2.27. The quantitative estimate of drug-likeness (QED) is 0.363. The van der Waals surface area contributed by atoms with Crippen molar-refractivity contribution < 1.29 is 28.4 Å². The van der Waals surface area contributed by atoms with E-state index in [2.05, 4.69) is 15.2 Å². The molecule has 0 aliphatic heterocycles. The van der Waals surface area contributed by atoms with Crippen LogP contribution in [-0.2, 0) is 18.4 Å². The van der Waals surface area contributed by atoms with Crippen molar-refractivity contribution in [1.29, 1.82) is 0 Å². The number of amides is 1. The molecular weight excluding hydrogens is 384 g/mol. The second-order valence-corrected chi connectivity index (χ2v) is 5.79. The third kappa shape index (κ3) is 4.40. The number of methoxy groups -OCH3 is 1. The fraction of sp³-hybridized carbons (Fsp3) is 0.167. The minimum Gasteiger partial charge on any atom is -0.479 e. The van der Waals surface area contributed by atoms with Gasteiger partial charge in [-0.1, -0.05) is 12.1 Å². The first-order valence-corrected chi connectivity index (χ1v) is 8.27. The topological polar surface area (TPSA) is 139 Å². The number of furan rings is 1. The fourth-order valence-electron chi connectivity index (χ4n) is 2.47. The molecule has 1 N–H and O–H groups in total. The lowest BCUT2D eigenvalue weighted by Crippen LogP contribution is -2.14. The van der Waals surface area contributed by atoms with Crippen LogP contribution in [0.3, 0.4) is 0 Å². The van der Waals surface area contributed by atoms with Gasteiger partial charge in [0.05, 0.1) is 17.7 Å². The lowest BCUT2D eigenvalue weighted by Gasteiger charge is -2.05.